The highest BCUT2D eigenvalue weighted by atomic mass is 35.5. The number of sulfonamides is 1. The molecule has 2 aromatic carbocycles. The average Bonchev–Trinajstić information content (AvgIpc) is 2.84. The number of rotatable bonds is 13. The molecule has 204 valence electrons. The summed E-state index contributed by atoms with van der Waals surface area (Å²) in [6.45, 7) is 5.30. The number of benzene rings is 2. The Labute approximate surface area is 223 Å². The smallest absolute Gasteiger partial charge is 0.242 e. The SMILES string of the molecule is CC[C@H](C)NC(=O)[C@H](C)N(Cc1ccccc1F)C(=O)CCCN(c1ccc(OC)c(Cl)c1)S(C)(=O)=O. The molecule has 0 bridgehead atoms. The number of carbonyl (C=O) groups is 2. The standard InChI is InChI=1S/C26H35ClFN3O5S/c1-6-18(2)29-26(33)19(3)30(17-20-10-7-8-11-23(20)28)25(32)12-9-15-31(37(5,34)35)21-13-14-24(36-4)22(27)16-21/h7-8,10-11,13-14,16,18-19H,6,9,12,15,17H2,1-5H3,(H,29,33)/t18-,19-/m0/s1. The average molecular weight is 556 g/mol. The molecule has 1 N–H and O–H groups in total. The molecule has 0 aliphatic rings. The summed E-state index contributed by atoms with van der Waals surface area (Å²) < 4.78 is 45.6. The third kappa shape index (κ3) is 8.60. The molecule has 11 heteroatoms. The van der Waals surface area contributed by atoms with Gasteiger partial charge in [-0.3, -0.25) is 13.9 Å². The first-order valence-electron chi connectivity index (χ1n) is 12.0. The summed E-state index contributed by atoms with van der Waals surface area (Å²) >= 11 is 6.17. The lowest BCUT2D eigenvalue weighted by molar-refractivity contribution is -0.141. The summed E-state index contributed by atoms with van der Waals surface area (Å²) in [5.74, 6) is -0.807. The van der Waals surface area contributed by atoms with E-state index in [0.29, 0.717) is 11.4 Å². The molecule has 0 saturated heterocycles. The van der Waals surface area contributed by atoms with Gasteiger partial charge in [0, 0.05) is 31.1 Å². The molecule has 2 aromatic rings. The molecule has 0 heterocycles. The number of anilines is 1. The van der Waals surface area contributed by atoms with Crippen molar-refractivity contribution in [1.82, 2.24) is 10.2 Å². The first-order valence-corrected chi connectivity index (χ1v) is 14.3. The molecule has 37 heavy (non-hydrogen) atoms. The van der Waals surface area contributed by atoms with Gasteiger partial charge in [0.05, 0.1) is 24.1 Å². The Bertz CT molecular complexity index is 1190. The highest BCUT2D eigenvalue weighted by Gasteiger charge is 2.28. The summed E-state index contributed by atoms with van der Waals surface area (Å²) in [6.07, 6.45) is 1.91. The minimum atomic E-state index is -3.68. The van der Waals surface area contributed by atoms with Gasteiger partial charge in [0.2, 0.25) is 21.8 Å². The van der Waals surface area contributed by atoms with Crippen molar-refractivity contribution in [3.63, 3.8) is 0 Å². The van der Waals surface area contributed by atoms with Crippen LogP contribution in [0.4, 0.5) is 10.1 Å². The van der Waals surface area contributed by atoms with Gasteiger partial charge >= 0.3 is 0 Å². The number of carbonyl (C=O) groups excluding carboxylic acids is 2. The van der Waals surface area contributed by atoms with Gasteiger partial charge in [0.25, 0.3) is 0 Å². The summed E-state index contributed by atoms with van der Waals surface area (Å²) in [6, 6.07) is 9.75. The summed E-state index contributed by atoms with van der Waals surface area (Å²) in [4.78, 5) is 27.4. The zero-order chi connectivity index (χ0) is 27.8. The number of nitrogens with one attached hydrogen (secondary N) is 1. The van der Waals surface area contributed by atoms with E-state index in [2.05, 4.69) is 5.32 Å². The van der Waals surface area contributed by atoms with Crippen LogP contribution in [0.5, 0.6) is 5.75 Å². The Balaban J connectivity index is 2.21. The maximum Gasteiger partial charge on any atom is 0.242 e. The molecule has 8 nitrogen and oxygen atoms in total. The van der Waals surface area contributed by atoms with E-state index >= 15 is 0 Å². The summed E-state index contributed by atoms with van der Waals surface area (Å²) in [5.41, 5.74) is 0.620. The third-order valence-corrected chi connectivity index (χ3v) is 7.53. The number of ether oxygens (including phenoxy) is 1. The molecule has 0 unspecified atom stereocenters. The molecule has 0 fully saturated rings. The van der Waals surface area contributed by atoms with Crippen molar-refractivity contribution >= 4 is 39.1 Å². The van der Waals surface area contributed by atoms with Crippen molar-refractivity contribution in [2.45, 2.75) is 58.7 Å². The molecule has 0 spiro atoms. The molecular weight excluding hydrogens is 521 g/mol. The van der Waals surface area contributed by atoms with Crippen LogP contribution in [0.15, 0.2) is 42.5 Å². The van der Waals surface area contributed by atoms with Crippen LogP contribution in [0.25, 0.3) is 0 Å². The Kier molecular flexibility index (Phi) is 11.2. The molecule has 0 aromatic heterocycles. The van der Waals surface area contributed by atoms with Gasteiger partial charge in [-0.2, -0.15) is 0 Å². The van der Waals surface area contributed by atoms with Gasteiger partial charge in [-0.05, 0) is 51.0 Å². The lowest BCUT2D eigenvalue weighted by atomic mass is 10.1. The minimum absolute atomic E-state index is 0.00815. The zero-order valence-corrected chi connectivity index (χ0v) is 23.4. The number of halogens is 2. The molecule has 2 rings (SSSR count). The van der Waals surface area contributed by atoms with E-state index in [9.17, 15) is 22.4 Å². The minimum Gasteiger partial charge on any atom is -0.495 e. The molecule has 2 amide bonds. The van der Waals surface area contributed by atoms with E-state index in [0.717, 1.165) is 17.0 Å². The number of amides is 2. The maximum absolute atomic E-state index is 14.4. The monoisotopic (exact) mass is 555 g/mol. The van der Waals surface area contributed by atoms with Crippen molar-refractivity contribution < 1.29 is 27.1 Å². The van der Waals surface area contributed by atoms with E-state index < -0.39 is 27.8 Å². The predicted octanol–water partition coefficient (Wildman–Crippen LogP) is 4.37. The molecule has 2 atom stereocenters. The molecule has 0 radical (unpaired) electrons. The highest BCUT2D eigenvalue weighted by molar-refractivity contribution is 7.92. The fraction of sp³-hybridized carbons (Fsp3) is 0.462. The van der Waals surface area contributed by atoms with E-state index in [1.807, 2.05) is 13.8 Å². The van der Waals surface area contributed by atoms with Gasteiger partial charge in [0.15, 0.2) is 0 Å². The van der Waals surface area contributed by atoms with E-state index in [-0.39, 0.29) is 48.5 Å². The van der Waals surface area contributed by atoms with Crippen LogP contribution in [-0.2, 0) is 26.2 Å². The Hall–Kier alpha value is -2.85. The van der Waals surface area contributed by atoms with E-state index in [1.54, 1.807) is 37.3 Å². The molecule has 0 aliphatic heterocycles. The molecule has 0 saturated carbocycles. The first-order chi connectivity index (χ1) is 17.4. The van der Waals surface area contributed by atoms with Crippen LogP contribution in [0.2, 0.25) is 5.02 Å². The van der Waals surface area contributed by atoms with Crippen LogP contribution in [-0.4, -0.2) is 57.1 Å². The predicted molar refractivity (Wildman–Crippen MR) is 144 cm³/mol. The Morgan fingerprint density at radius 3 is 2.41 bits per heavy atom. The Morgan fingerprint density at radius 2 is 1.84 bits per heavy atom. The topological polar surface area (TPSA) is 96.0 Å². The summed E-state index contributed by atoms with van der Waals surface area (Å²) in [5, 5.41) is 3.11. The van der Waals surface area contributed by atoms with Gasteiger partial charge in [-0.1, -0.05) is 36.7 Å². The summed E-state index contributed by atoms with van der Waals surface area (Å²) in [7, 11) is -2.22. The van der Waals surface area contributed by atoms with Gasteiger partial charge in [0.1, 0.15) is 17.6 Å². The van der Waals surface area contributed by atoms with Crippen molar-refractivity contribution in [3.05, 3.63) is 58.9 Å². The first kappa shape index (κ1) is 30.4. The fourth-order valence-corrected chi connectivity index (χ4v) is 4.88. The van der Waals surface area contributed by atoms with Crippen molar-refractivity contribution in [3.8, 4) is 5.75 Å². The Morgan fingerprint density at radius 1 is 1.16 bits per heavy atom. The zero-order valence-electron chi connectivity index (χ0n) is 21.8. The van der Waals surface area contributed by atoms with Crippen molar-refractivity contribution in [2.24, 2.45) is 0 Å². The van der Waals surface area contributed by atoms with Crippen LogP contribution < -0.4 is 14.4 Å². The number of nitrogens with zero attached hydrogens (tertiary/aromatic N) is 2. The number of hydrogen-bond acceptors (Lipinski definition) is 5. The second kappa shape index (κ2) is 13.6. The maximum atomic E-state index is 14.4. The number of hydrogen-bond donors (Lipinski definition) is 1. The lowest BCUT2D eigenvalue weighted by Gasteiger charge is -2.30. The fourth-order valence-electron chi connectivity index (χ4n) is 3.67. The van der Waals surface area contributed by atoms with Crippen molar-refractivity contribution in [1.29, 1.82) is 0 Å². The molecule has 0 aliphatic carbocycles. The second-order valence-corrected chi connectivity index (χ2v) is 11.2. The van der Waals surface area contributed by atoms with Crippen LogP contribution in [0.1, 0.15) is 45.6 Å². The van der Waals surface area contributed by atoms with Crippen LogP contribution >= 0.6 is 11.6 Å². The van der Waals surface area contributed by atoms with Crippen molar-refractivity contribution in [2.75, 3.05) is 24.2 Å². The number of methoxy groups -OCH3 is 1. The van der Waals surface area contributed by atoms with E-state index in [4.69, 9.17) is 16.3 Å². The van der Waals surface area contributed by atoms with Gasteiger partial charge in [-0.15, -0.1) is 0 Å². The lowest BCUT2D eigenvalue weighted by Crippen LogP contribution is -2.49. The quantitative estimate of drug-likeness (QED) is 0.396. The van der Waals surface area contributed by atoms with E-state index in [1.165, 1.54) is 24.1 Å². The van der Waals surface area contributed by atoms with Gasteiger partial charge < -0.3 is 15.0 Å². The normalized spacial score (nSPS) is 12.9. The van der Waals surface area contributed by atoms with Gasteiger partial charge in [-0.25, -0.2) is 12.8 Å². The van der Waals surface area contributed by atoms with Crippen LogP contribution in [0.3, 0.4) is 0 Å². The largest absolute Gasteiger partial charge is 0.495 e. The van der Waals surface area contributed by atoms with Crippen LogP contribution in [0, 0.1) is 5.82 Å². The third-order valence-electron chi connectivity index (χ3n) is 6.04. The second-order valence-electron chi connectivity index (χ2n) is 8.86. The molecular formula is C26H35ClFN3O5S. The highest BCUT2D eigenvalue weighted by Crippen LogP contribution is 2.30.